The minimum atomic E-state index is -4.22. The lowest BCUT2D eigenvalue weighted by Crippen LogP contribution is -2.33. The molecule has 0 saturated carbocycles. The van der Waals surface area contributed by atoms with Crippen molar-refractivity contribution in [3.05, 3.63) is 47.3 Å². The summed E-state index contributed by atoms with van der Waals surface area (Å²) >= 11 is 5.83. The molecule has 0 amide bonds. The Bertz CT molecular complexity index is 1270. The summed E-state index contributed by atoms with van der Waals surface area (Å²) in [4.78, 5) is 8.10. The van der Waals surface area contributed by atoms with Gasteiger partial charge in [0.1, 0.15) is 34.4 Å². The molecule has 37 heavy (non-hydrogen) atoms. The molecule has 0 aliphatic rings. The normalized spacial score (nSPS) is 13.4. The predicted octanol–water partition coefficient (Wildman–Crippen LogP) is 3.03. The van der Waals surface area contributed by atoms with Crippen molar-refractivity contribution in [2.75, 3.05) is 32.7 Å². The van der Waals surface area contributed by atoms with E-state index in [-0.39, 0.29) is 46.2 Å². The number of hydrogen-bond acceptors (Lipinski definition) is 10. The topological polar surface area (TPSA) is 140 Å². The zero-order chi connectivity index (χ0) is 27.2. The molecule has 0 spiro atoms. The van der Waals surface area contributed by atoms with E-state index in [0.29, 0.717) is 0 Å². The van der Waals surface area contributed by atoms with Crippen LogP contribution in [0.25, 0.3) is 5.69 Å². The van der Waals surface area contributed by atoms with E-state index < -0.39 is 34.6 Å². The standard InChI is InChI=1S/C21H25ClF2N6O6S/c1-12(18(35-4)19-25-10-13(22)11-26-19)37(31,32)29-21-28-27-16(8-9-36-20(23)24)30(21)17-14(33-2)6-5-7-15(17)34-3/h5-7,10-12,18,20H,8-9H2,1-4H3,(H,28,29)/t12-,18-/m0/s1. The van der Waals surface area contributed by atoms with Crippen LogP contribution in [-0.2, 0) is 25.9 Å². The number of ether oxygens (including phenoxy) is 4. The van der Waals surface area contributed by atoms with Gasteiger partial charge in [-0.3, -0.25) is 9.29 Å². The van der Waals surface area contributed by atoms with E-state index in [1.165, 1.54) is 45.2 Å². The number of anilines is 1. The highest BCUT2D eigenvalue weighted by Gasteiger charge is 2.35. The Labute approximate surface area is 216 Å². The largest absolute Gasteiger partial charge is 0.494 e. The van der Waals surface area contributed by atoms with Crippen molar-refractivity contribution in [1.82, 2.24) is 24.7 Å². The van der Waals surface area contributed by atoms with Gasteiger partial charge in [-0.05, 0) is 19.1 Å². The molecule has 202 valence electrons. The van der Waals surface area contributed by atoms with Gasteiger partial charge in [0, 0.05) is 25.9 Å². The summed E-state index contributed by atoms with van der Waals surface area (Å²) in [5.41, 5.74) is 0.249. The summed E-state index contributed by atoms with van der Waals surface area (Å²) in [7, 11) is -0.0876. The van der Waals surface area contributed by atoms with Gasteiger partial charge >= 0.3 is 6.61 Å². The summed E-state index contributed by atoms with van der Waals surface area (Å²) in [6, 6.07) is 4.88. The maximum absolute atomic E-state index is 13.4. The average Bonchev–Trinajstić information content (AvgIpc) is 3.25. The van der Waals surface area contributed by atoms with Gasteiger partial charge in [0.25, 0.3) is 0 Å². The smallest absolute Gasteiger partial charge is 0.345 e. The van der Waals surface area contributed by atoms with Crippen LogP contribution in [0.4, 0.5) is 14.7 Å². The Morgan fingerprint density at radius 1 is 1.08 bits per heavy atom. The first kappa shape index (κ1) is 28.4. The van der Waals surface area contributed by atoms with Crippen molar-refractivity contribution in [2.45, 2.75) is 31.3 Å². The highest BCUT2D eigenvalue weighted by atomic mass is 35.5. The maximum atomic E-state index is 13.4. The van der Waals surface area contributed by atoms with Crippen molar-refractivity contribution >= 4 is 27.6 Å². The molecule has 1 aromatic carbocycles. The van der Waals surface area contributed by atoms with Gasteiger partial charge in [-0.15, -0.1) is 10.2 Å². The molecular formula is C21H25ClF2N6O6S. The lowest BCUT2D eigenvalue weighted by Gasteiger charge is -2.22. The first-order valence-corrected chi connectivity index (χ1v) is 12.6. The molecule has 0 unspecified atom stereocenters. The Hall–Kier alpha value is -3.14. The van der Waals surface area contributed by atoms with Crippen molar-refractivity contribution in [2.24, 2.45) is 0 Å². The van der Waals surface area contributed by atoms with Crippen LogP contribution in [0, 0.1) is 0 Å². The second kappa shape index (κ2) is 12.4. The SMILES string of the molecule is COc1cccc(OC)c1-n1c(CCOC(F)F)nnc1NS(=O)(=O)[C@@H](C)[C@H](OC)c1ncc(Cl)cn1. The van der Waals surface area contributed by atoms with E-state index in [1.54, 1.807) is 18.2 Å². The van der Waals surface area contributed by atoms with Gasteiger partial charge in [0.05, 0.1) is 25.8 Å². The summed E-state index contributed by atoms with van der Waals surface area (Å²) < 4.78 is 76.2. The minimum Gasteiger partial charge on any atom is -0.494 e. The first-order chi connectivity index (χ1) is 17.6. The number of para-hydroxylation sites is 1. The fraction of sp³-hybridized carbons (Fsp3) is 0.429. The van der Waals surface area contributed by atoms with Crippen LogP contribution in [0.2, 0.25) is 5.02 Å². The van der Waals surface area contributed by atoms with E-state index in [2.05, 4.69) is 29.6 Å². The predicted molar refractivity (Wildman–Crippen MR) is 129 cm³/mol. The zero-order valence-corrected chi connectivity index (χ0v) is 21.8. The zero-order valence-electron chi connectivity index (χ0n) is 20.3. The number of sulfonamides is 1. The Morgan fingerprint density at radius 3 is 2.24 bits per heavy atom. The molecule has 3 aromatic rings. The Kier molecular flexibility index (Phi) is 9.53. The van der Waals surface area contributed by atoms with Crippen LogP contribution in [0.5, 0.6) is 11.5 Å². The number of rotatable bonds is 13. The summed E-state index contributed by atoms with van der Waals surface area (Å²) in [6.07, 6.45) is 1.45. The van der Waals surface area contributed by atoms with E-state index in [4.69, 9.17) is 25.8 Å². The summed E-state index contributed by atoms with van der Waals surface area (Å²) in [5.74, 6) is 0.537. The van der Waals surface area contributed by atoms with Crippen LogP contribution >= 0.6 is 11.6 Å². The van der Waals surface area contributed by atoms with Crippen LogP contribution < -0.4 is 14.2 Å². The van der Waals surface area contributed by atoms with Crippen LogP contribution in [-0.4, -0.2) is 72.9 Å². The molecule has 0 fully saturated rings. The molecule has 1 N–H and O–H groups in total. The van der Waals surface area contributed by atoms with Gasteiger partial charge < -0.3 is 18.9 Å². The second-order valence-electron chi connectivity index (χ2n) is 7.44. The molecule has 2 heterocycles. The molecule has 12 nitrogen and oxygen atoms in total. The molecule has 2 aromatic heterocycles. The molecule has 0 bridgehead atoms. The van der Waals surface area contributed by atoms with E-state index in [1.807, 2.05) is 0 Å². The number of alkyl halides is 2. The van der Waals surface area contributed by atoms with Gasteiger partial charge in [-0.1, -0.05) is 17.7 Å². The van der Waals surface area contributed by atoms with Crippen LogP contribution in [0.1, 0.15) is 24.7 Å². The number of nitrogens with zero attached hydrogens (tertiary/aromatic N) is 5. The van der Waals surface area contributed by atoms with Gasteiger partial charge in [0.15, 0.2) is 5.82 Å². The van der Waals surface area contributed by atoms with Crippen molar-refractivity contribution in [1.29, 1.82) is 0 Å². The molecule has 0 radical (unpaired) electrons. The Morgan fingerprint density at radius 2 is 1.70 bits per heavy atom. The van der Waals surface area contributed by atoms with E-state index in [0.717, 1.165) is 0 Å². The molecule has 0 saturated heterocycles. The third-order valence-electron chi connectivity index (χ3n) is 5.22. The van der Waals surface area contributed by atoms with E-state index >= 15 is 0 Å². The third-order valence-corrected chi connectivity index (χ3v) is 7.11. The first-order valence-electron chi connectivity index (χ1n) is 10.7. The van der Waals surface area contributed by atoms with Crippen molar-refractivity contribution < 1.29 is 36.1 Å². The number of halogens is 3. The van der Waals surface area contributed by atoms with Crippen molar-refractivity contribution in [3.8, 4) is 17.2 Å². The summed E-state index contributed by atoms with van der Waals surface area (Å²) in [6.45, 7) is -2.00. The highest BCUT2D eigenvalue weighted by Crippen LogP contribution is 2.36. The molecular weight excluding hydrogens is 538 g/mol. The van der Waals surface area contributed by atoms with Gasteiger partial charge in [-0.2, -0.15) is 8.78 Å². The number of nitrogens with one attached hydrogen (secondary N) is 1. The number of hydrogen-bond donors (Lipinski definition) is 1. The summed E-state index contributed by atoms with van der Waals surface area (Å²) in [5, 5.41) is 7.01. The molecule has 3 rings (SSSR count). The second-order valence-corrected chi connectivity index (χ2v) is 9.91. The highest BCUT2D eigenvalue weighted by molar-refractivity contribution is 7.93. The van der Waals surface area contributed by atoms with Crippen LogP contribution in [0.3, 0.4) is 0 Å². The average molecular weight is 563 g/mol. The Balaban J connectivity index is 2.04. The van der Waals surface area contributed by atoms with Crippen LogP contribution in [0.15, 0.2) is 30.6 Å². The van der Waals surface area contributed by atoms with E-state index in [9.17, 15) is 17.2 Å². The molecule has 0 aliphatic carbocycles. The lowest BCUT2D eigenvalue weighted by atomic mass is 10.2. The molecule has 0 aliphatic heterocycles. The fourth-order valence-corrected chi connectivity index (χ4v) is 4.66. The monoisotopic (exact) mass is 562 g/mol. The van der Waals surface area contributed by atoms with Crippen molar-refractivity contribution in [3.63, 3.8) is 0 Å². The minimum absolute atomic E-state index is 0.0995. The van der Waals surface area contributed by atoms with Gasteiger partial charge in [-0.25, -0.2) is 18.4 Å². The quantitative estimate of drug-likeness (QED) is 0.330. The number of aromatic nitrogens is 5. The fourth-order valence-electron chi connectivity index (χ4n) is 3.43. The third kappa shape index (κ3) is 6.60. The molecule has 2 atom stereocenters. The number of benzene rings is 1. The van der Waals surface area contributed by atoms with Gasteiger partial charge in [0.2, 0.25) is 16.0 Å². The lowest BCUT2D eigenvalue weighted by molar-refractivity contribution is -0.128. The maximum Gasteiger partial charge on any atom is 0.345 e. The molecule has 16 heteroatoms. The number of methoxy groups -OCH3 is 3.